The van der Waals surface area contributed by atoms with E-state index in [9.17, 15) is 0 Å². The molecule has 0 bridgehead atoms. The van der Waals surface area contributed by atoms with Crippen LogP contribution in [-0.4, -0.2) is 28.9 Å². The summed E-state index contributed by atoms with van der Waals surface area (Å²) < 4.78 is 1.15. The molecule has 0 saturated heterocycles. The van der Waals surface area contributed by atoms with E-state index >= 15 is 0 Å². The molecule has 2 aromatic heterocycles. The molecule has 86 valence electrons. The minimum absolute atomic E-state index is 0.197. The molecule has 2 rings (SSSR count). The Hall–Kier alpha value is -0.870. The smallest absolute Gasteiger partial charge is 0.149 e. The van der Waals surface area contributed by atoms with Crippen molar-refractivity contribution >= 4 is 39.0 Å². The zero-order valence-corrected chi connectivity index (χ0v) is 10.9. The fraction of sp³-hybridized carbons (Fsp3) is 0.455. The van der Waals surface area contributed by atoms with E-state index in [-0.39, 0.29) is 5.38 Å². The van der Waals surface area contributed by atoms with E-state index < -0.39 is 0 Å². The lowest BCUT2D eigenvalue weighted by Crippen LogP contribution is -2.21. The molecule has 1 atom stereocenters. The van der Waals surface area contributed by atoms with Crippen molar-refractivity contribution in [2.45, 2.75) is 18.7 Å². The molecule has 0 amide bonds. The van der Waals surface area contributed by atoms with Gasteiger partial charge in [0.1, 0.15) is 12.1 Å². The number of aromatic nitrogens is 2. The van der Waals surface area contributed by atoms with Crippen LogP contribution in [0.15, 0.2) is 17.8 Å². The molecule has 2 heterocycles. The van der Waals surface area contributed by atoms with Gasteiger partial charge < -0.3 is 4.90 Å². The number of rotatable bonds is 4. The van der Waals surface area contributed by atoms with Gasteiger partial charge >= 0.3 is 0 Å². The molecule has 0 spiro atoms. The van der Waals surface area contributed by atoms with Crippen LogP contribution in [-0.2, 0) is 0 Å². The van der Waals surface area contributed by atoms with Crippen LogP contribution in [0.25, 0.3) is 10.2 Å². The highest BCUT2D eigenvalue weighted by atomic mass is 35.5. The first-order valence-corrected chi connectivity index (χ1v) is 6.53. The first-order valence-electron chi connectivity index (χ1n) is 5.22. The number of hydrogen-bond donors (Lipinski definition) is 0. The van der Waals surface area contributed by atoms with E-state index in [2.05, 4.69) is 14.9 Å². The minimum Gasteiger partial charge on any atom is -0.358 e. The molecule has 3 nitrogen and oxygen atoms in total. The summed E-state index contributed by atoms with van der Waals surface area (Å²) >= 11 is 7.63. The molecule has 0 aliphatic heterocycles. The van der Waals surface area contributed by atoms with E-state index in [1.165, 1.54) is 0 Å². The molecule has 16 heavy (non-hydrogen) atoms. The van der Waals surface area contributed by atoms with Crippen molar-refractivity contribution in [3.63, 3.8) is 0 Å². The van der Waals surface area contributed by atoms with E-state index in [4.69, 9.17) is 11.6 Å². The first-order chi connectivity index (χ1) is 7.68. The molecule has 0 fully saturated rings. The van der Waals surface area contributed by atoms with Gasteiger partial charge in [0, 0.05) is 19.0 Å². The number of halogens is 1. The molecule has 2 aromatic rings. The summed E-state index contributed by atoms with van der Waals surface area (Å²) in [5.41, 5.74) is 1.01. The molecule has 1 unspecified atom stereocenters. The van der Waals surface area contributed by atoms with Crippen LogP contribution >= 0.6 is 22.9 Å². The second kappa shape index (κ2) is 4.97. The monoisotopic (exact) mass is 255 g/mol. The number of alkyl halides is 1. The number of hydrogen-bond acceptors (Lipinski definition) is 4. The Morgan fingerprint density at radius 1 is 1.50 bits per heavy atom. The average Bonchev–Trinajstić information content (AvgIpc) is 2.73. The maximum Gasteiger partial charge on any atom is 0.149 e. The maximum atomic E-state index is 5.95. The summed E-state index contributed by atoms with van der Waals surface area (Å²) in [6, 6.07) is 2.02. The van der Waals surface area contributed by atoms with E-state index in [1.54, 1.807) is 17.7 Å². The van der Waals surface area contributed by atoms with Crippen molar-refractivity contribution in [1.29, 1.82) is 0 Å². The number of nitrogens with zero attached hydrogens (tertiary/aromatic N) is 3. The Morgan fingerprint density at radius 2 is 2.31 bits per heavy atom. The van der Waals surface area contributed by atoms with E-state index in [1.807, 2.05) is 25.4 Å². The summed E-state index contributed by atoms with van der Waals surface area (Å²) in [5.74, 6) is 0.998. The fourth-order valence-corrected chi connectivity index (χ4v) is 2.51. The Labute approximate surface area is 104 Å². The fourth-order valence-electron chi connectivity index (χ4n) is 1.53. The summed E-state index contributed by atoms with van der Waals surface area (Å²) in [6.07, 6.45) is 2.57. The predicted molar refractivity (Wildman–Crippen MR) is 70.6 cm³/mol. The normalized spacial score (nSPS) is 12.9. The third-order valence-corrected chi connectivity index (χ3v) is 3.57. The Morgan fingerprint density at radius 3 is 3.06 bits per heavy atom. The number of fused-ring (bicyclic) bond motifs is 1. The van der Waals surface area contributed by atoms with Crippen LogP contribution in [0.3, 0.4) is 0 Å². The molecular weight excluding hydrogens is 242 g/mol. The second-order valence-electron chi connectivity index (χ2n) is 3.82. The van der Waals surface area contributed by atoms with Crippen molar-refractivity contribution < 1.29 is 0 Å². The topological polar surface area (TPSA) is 29.0 Å². The summed E-state index contributed by atoms with van der Waals surface area (Å²) in [5, 5.41) is 2.24. The lowest BCUT2D eigenvalue weighted by molar-refractivity contribution is 0.767. The van der Waals surface area contributed by atoms with Gasteiger partial charge in [0.2, 0.25) is 0 Å². The Kier molecular flexibility index (Phi) is 3.61. The maximum absolute atomic E-state index is 5.95. The molecule has 0 saturated carbocycles. The summed E-state index contributed by atoms with van der Waals surface area (Å²) in [6.45, 7) is 2.92. The van der Waals surface area contributed by atoms with Gasteiger partial charge in [-0.3, -0.25) is 0 Å². The van der Waals surface area contributed by atoms with Crippen molar-refractivity contribution in [3.8, 4) is 0 Å². The summed E-state index contributed by atoms with van der Waals surface area (Å²) in [7, 11) is 2.04. The summed E-state index contributed by atoms with van der Waals surface area (Å²) in [4.78, 5) is 10.7. The molecule has 0 aromatic carbocycles. The molecule has 0 aliphatic carbocycles. The van der Waals surface area contributed by atoms with Gasteiger partial charge in [-0.15, -0.1) is 22.9 Å². The number of anilines is 1. The third-order valence-electron chi connectivity index (χ3n) is 2.45. The van der Waals surface area contributed by atoms with Gasteiger partial charge in [-0.05, 0) is 24.8 Å². The molecule has 0 N–H and O–H groups in total. The Balaban J connectivity index is 2.22. The Bertz CT molecular complexity index is 469. The minimum atomic E-state index is 0.197. The van der Waals surface area contributed by atoms with Crippen molar-refractivity contribution in [3.05, 3.63) is 17.8 Å². The highest BCUT2D eigenvalue weighted by Gasteiger charge is 2.10. The van der Waals surface area contributed by atoms with Crippen LogP contribution in [0.4, 0.5) is 5.82 Å². The van der Waals surface area contributed by atoms with Crippen LogP contribution in [0.5, 0.6) is 0 Å². The highest BCUT2D eigenvalue weighted by molar-refractivity contribution is 7.17. The van der Waals surface area contributed by atoms with E-state index in [0.717, 1.165) is 29.0 Å². The van der Waals surface area contributed by atoms with Crippen LogP contribution < -0.4 is 4.90 Å². The molecular formula is C11H14ClN3S. The van der Waals surface area contributed by atoms with Gasteiger partial charge in [0.15, 0.2) is 0 Å². The third kappa shape index (κ3) is 2.44. The first kappa shape index (κ1) is 11.6. The molecule has 0 radical (unpaired) electrons. The van der Waals surface area contributed by atoms with Crippen LogP contribution in [0, 0.1) is 0 Å². The van der Waals surface area contributed by atoms with E-state index in [0.29, 0.717) is 0 Å². The lowest BCUT2D eigenvalue weighted by atomic mass is 10.3. The molecule has 0 aliphatic rings. The van der Waals surface area contributed by atoms with Crippen molar-refractivity contribution in [2.24, 2.45) is 0 Å². The SMILES string of the molecule is CC(Cl)CCN(C)c1ncnc2ccsc12. The van der Waals surface area contributed by atoms with Crippen LogP contribution in [0.2, 0.25) is 0 Å². The van der Waals surface area contributed by atoms with Gasteiger partial charge in [-0.1, -0.05) is 0 Å². The second-order valence-corrected chi connectivity index (χ2v) is 5.48. The van der Waals surface area contributed by atoms with Gasteiger partial charge in [-0.25, -0.2) is 9.97 Å². The quantitative estimate of drug-likeness (QED) is 0.786. The largest absolute Gasteiger partial charge is 0.358 e. The zero-order chi connectivity index (χ0) is 11.5. The number of thiophene rings is 1. The standard InChI is InChI=1S/C11H14ClN3S/c1-8(12)3-5-15(2)11-10-9(4-6-16-10)13-7-14-11/h4,6-8H,3,5H2,1-2H3. The lowest BCUT2D eigenvalue weighted by Gasteiger charge is -2.18. The van der Waals surface area contributed by atoms with Crippen molar-refractivity contribution in [1.82, 2.24) is 9.97 Å². The van der Waals surface area contributed by atoms with Gasteiger partial charge in [0.05, 0.1) is 10.2 Å². The average molecular weight is 256 g/mol. The predicted octanol–water partition coefficient (Wildman–Crippen LogP) is 3.14. The highest BCUT2D eigenvalue weighted by Crippen LogP contribution is 2.27. The van der Waals surface area contributed by atoms with Crippen molar-refractivity contribution in [2.75, 3.05) is 18.5 Å². The van der Waals surface area contributed by atoms with Gasteiger partial charge in [0.25, 0.3) is 0 Å². The zero-order valence-electron chi connectivity index (χ0n) is 9.35. The van der Waals surface area contributed by atoms with Gasteiger partial charge in [-0.2, -0.15) is 0 Å². The van der Waals surface area contributed by atoms with Crippen LogP contribution in [0.1, 0.15) is 13.3 Å². The molecule has 5 heteroatoms.